The molecule has 0 fully saturated rings. The Hall–Kier alpha value is -2.36. The van der Waals surface area contributed by atoms with Crippen molar-refractivity contribution in [3.05, 3.63) is 69.2 Å². The monoisotopic (exact) mass is 498 g/mol. The maximum atomic E-state index is 13.9. The summed E-state index contributed by atoms with van der Waals surface area (Å²) in [5.74, 6) is -3.27. The number of ether oxygens (including phenoxy) is 1. The van der Waals surface area contributed by atoms with Crippen LogP contribution in [0.15, 0.2) is 40.9 Å². The number of esters is 1. The van der Waals surface area contributed by atoms with Gasteiger partial charge in [-0.15, -0.1) is 0 Å². The Morgan fingerprint density at radius 1 is 1.13 bits per heavy atom. The number of aliphatic hydroxyl groups excluding tert-OH is 1. The minimum atomic E-state index is -1.08. The zero-order chi connectivity index (χ0) is 22.8. The summed E-state index contributed by atoms with van der Waals surface area (Å²) in [6, 6.07) is 9.57. The number of carbonyl (C=O) groups is 2. The molecule has 0 spiro atoms. The van der Waals surface area contributed by atoms with E-state index in [1.54, 1.807) is 0 Å². The molecule has 0 bridgehead atoms. The lowest BCUT2D eigenvalue weighted by Crippen LogP contribution is -2.29. The third-order valence-corrected chi connectivity index (χ3v) is 5.08. The lowest BCUT2D eigenvalue weighted by molar-refractivity contribution is -0.120. The molecule has 9 heteroatoms. The van der Waals surface area contributed by atoms with Crippen molar-refractivity contribution in [3.63, 3.8) is 0 Å². The second kappa shape index (κ2) is 12.5. The van der Waals surface area contributed by atoms with E-state index >= 15 is 0 Å². The van der Waals surface area contributed by atoms with Gasteiger partial charge in [-0.1, -0.05) is 28.1 Å². The molecule has 0 aliphatic carbocycles. The van der Waals surface area contributed by atoms with Crippen LogP contribution in [0.1, 0.15) is 40.4 Å². The molecule has 1 amide bonds. The minimum absolute atomic E-state index is 0.202. The number of rotatable bonds is 11. The van der Waals surface area contributed by atoms with Crippen LogP contribution in [0.2, 0.25) is 0 Å². The third-order valence-electron chi connectivity index (χ3n) is 4.58. The van der Waals surface area contributed by atoms with Gasteiger partial charge in [0.25, 0.3) is 0 Å². The number of amides is 1. The second-order valence-electron chi connectivity index (χ2n) is 6.89. The molecule has 2 aromatic rings. The van der Waals surface area contributed by atoms with Crippen molar-refractivity contribution in [2.24, 2.45) is 0 Å². The van der Waals surface area contributed by atoms with E-state index < -0.39 is 29.3 Å². The smallest absolute Gasteiger partial charge is 0.343 e. The highest BCUT2D eigenvalue weighted by molar-refractivity contribution is 9.10. The van der Waals surface area contributed by atoms with Crippen molar-refractivity contribution < 1.29 is 28.2 Å². The molecule has 0 heterocycles. The van der Waals surface area contributed by atoms with Crippen LogP contribution in [0.25, 0.3) is 0 Å². The highest BCUT2D eigenvalue weighted by atomic mass is 79.9. The van der Waals surface area contributed by atoms with E-state index in [1.807, 2.05) is 24.3 Å². The predicted octanol–water partition coefficient (Wildman–Crippen LogP) is 3.28. The summed E-state index contributed by atoms with van der Waals surface area (Å²) in [4.78, 5) is 23.2. The van der Waals surface area contributed by atoms with Gasteiger partial charge in [0.1, 0.15) is 17.2 Å². The van der Waals surface area contributed by atoms with Gasteiger partial charge in [-0.25, -0.2) is 13.6 Å². The summed E-state index contributed by atoms with van der Waals surface area (Å²) in [6.07, 6.45) is 0.367. The Morgan fingerprint density at radius 3 is 2.48 bits per heavy atom. The summed E-state index contributed by atoms with van der Waals surface area (Å²) >= 11 is 3.37. The van der Waals surface area contributed by atoms with E-state index in [-0.39, 0.29) is 25.3 Å². The zero-order valence-corrected chi connectivity index (χ0v) is 18.7. The van der Waals surface area contributed by atoms with Crippen LogP contribution in [-0.4, -0.2) is 43.7 Å². The quantitative estimate of drug-likeness (QED) is 0.327. The molecule has 1 unspecified atom stereocenters. The normalized spacial score (nSPS) is 11.8. The van der Waals surface area contributed by atoms with Crippen LogP contribution >= 0.6 is 15.9 Å². The van der Waals surface area contributed by atoms with E-state index in [2.05, 4.69) is 31.3 Å². The van der Waals surface area contributed by atoms with Gasteiger partial charge in [0, 0.05) is 24.0 Å². The van der Waals surface area contributed by atoms with E-state index in [1.165, 1.54) is 0 Å². The molecular formula is C22H25BrF2N2O4. The number of carbonyl (C=O) groups excluding carboxylic acids is 2. The molecule has 0 aliphatic heterocycles. The largest absolute Gasteiger partial charge is 0.465 e. The number of halogens is 3. The van der Waals surface area contributed by atoms with E-state index in [0.29, 0.717) is 25.1 Å². The van der Waals surface area contributed by atoms with Gasteiger partial charge in [-0.3, -0.25) is 4.79 Å². The first-order valence-corrected chi connectivity index (χ1v) is 10.6. The number of nitrogens with one attached hydrogen (secondary N) is 2. The van der Waals surface area contributed by atoms with Crippen LogP contribution in [0.5, 0.6) is 0 Å². The fourth-order valence-electron chi connectivity index (χ4n) is 2.95. The molecule has 0 radical (unpaired) electrons. The summed E-state index contributed by atoms with van der Waals surface area (Å²) in [7, 11) is 1.05. The molecule has 31 heavy (non-hydrogen) atoms. The first kappa shape index (κ1) is 24.9. The second-order valence-corrected chi connectivity index (χ2v) is 7.80. The number of benzene rings is 2. The first-order chi connectivity index (χ1) is 14.8. The Morgan fingerprint density at radius 2 is 1.84 bits per heavy atom. The minimum Gasteiger partial charge on any atom is -0.465 e. The Kier molecular flexibility index (Phi) is 10.0. The lowest BCUT2D eigenvalue weighted by Gasteiger charge is -2.12. The van der Waals surface area contributed by atoms with E-state index in [9.17, 15) is 23.5 Å². The zero-order valence-electron chi connectivity index (χ0n) is 17.1. The van der Waals surface area contributed by atoms with E-state index in [4.69, 9.17) is 0 Å². The van der Waals surface area contributed by atoms with Crippen molar-refractivity contribution in [1.29, 1.82) is 0 Å². The van der Waals surface area contributed by atoms with Crippen LogP contribution in [-0.2, 0) is 16.0 Å². The third kappa shape index (κ3) is 8.01. The van der Waals surface area contributed by atoms with Crippen molar-refractivity contribution in [2.45, 2.75) is 25.4 Å². The van der Waals surface area contributed by atoms with Gasteiger partial charge in [0.2, 0.25) is 5.91 Å². The van der Waals surface area contributed by atoms with Gasteiger partial charge < -0.3 is 20.5 Å². The molecular weight excluding hydrogens is 474 g/mol. The highest BCUT2D eigenvalue weighted by Gasteiger charge is 2.19. The van der Waals surface area contributed by atoms with Crippen molar-refractivity contribution in [2.75, 3.05) is 26.7 Å². The van der Waals surface area contributed by atoms with Gasteiger partial charge in [0.05, 0.1) is 13.2 Å². The Bertz CT molecular complexity index is 888. The van der Waals surface area contributed by atoms with Gasteiger partial charge in [-0.05, 0) is 54.8 Å². The predicted molar refractivity (Wildman–Crippen MR) is 116 cm³/mol. The molecule has 0 saturated heterocycles. The number of hydrogen-bond donors (Lipinski definition) is 3. The first-order valence-electron chi connectivity index (χ1n) is 9.79. The Balaban J connectivity index is 1.65. The molecule has 0 aliphatic rings. The lowest BCUT2D eigenvalue weighted by atomic mass is 10.1. The maximum absolute atomic E-state index is 13.9. The van der Waals surface area contributed by atoms with Crippen molar-refractivity contribution in [1.82, 2.24) is 10.6 Å². The fourth-order valence-corrected chi connectivity index (χ4v) is 3.36. The SMILES string of the molecule is COC(=O)c1c(F)cc(CCNC(=O)CCNCCC(O)c2cccc(Br)c2)cc1F. The average Bonchev–Trinajstić information content (AvgIpc) is 2.72. The molecule has 1 atom stereocenters. The Labute approximate surface area is 188 Å². The summed E-state index contributed by atoms with van der Waals surface area (Å²) in [6.45, 7) is 1.19. The molecule has 6 nitrogen and oxygen atoms in total. The summed E-state index contributed by atoms with van der Waals surface area (Å²) in [5, 5.41) is 15.9. The van der Waals surface area contributed by atoms with Crippen LogP contribution in [0.4, 0.5) is 8.78 Å². The number of hydrogen-bond acceptors (Lipinski definition) is 5. The number of aliphatic hydroxyl groups is 1. The van der Waals surface area contributed by atoms with Gasteiger partial charge in [-0.2, -0.15) is 0 Å². The summed E-state index contributed by atoms with van der Waals surface area (Å²) < 4.78 is 33.1. The van der Waals surface area contributed by atoms with Crippen LogP contribution in [0, 0.1) is 11.6 Å². The topological polar surface area (TPSA) is 87.7 Å². The van der Waals surface area contributed by atoms with Crippen LogP contribution < -0.4 is 10.6 Å². The fraction of sp³-hybridized carbons (Fsp3) is 0.364. The molecule has 2 rings (SSSR count). The summed E-state index contributed by atoms with van der Waals surface area (Å²) in [5.41, 5.74) is 0.412. The van der Waals surface area contributed by atoms with Crippen molar-refractivity contribution in [3.8, 4) is 0 Å². The molecule has 0 aromatic heterocycles. The van der Waals surface area contributed by atoms with Crippen molar-refractivity contribution >= 4 is 27.8 Å². The average molecular weight is 499 g/mol. The molecule has 2 aromatic carbocycles. The molecule has 3 N–H and O–H groups in total. The number of methoxy groups -OCH3 is 1. The highest BCUT2D eigenvalue weighted by Crippen LogP contribution is 2.20. The molecule has 0 saturated carbocycles. The molecule has 168 valence electrons. The standard InChI is InChI=1S/C22H25BrF2N2O4/c1-31-22(30)21-17(24)11-14(12-18(21)25)5-10-27-20(29)7-9-26-8-6-19(28)15-3-2-4-16(23)13-15/h2-4,11-13,19,26,28H,5-10H2,1H3,(H,27,29). The van der Waals surface area contributed by atoms with Crippen LogP contribution in [0.3, 0.4) is 0 Å². The van der Waals surface area contributed by atoms with E-state index in [0.717, 1.165) is 29.3 Å². The van der Waals surface area contributed by atoms with Gasteiger partial charge >= 0.3 is 5.97 Å². The van der Waals surface area contributed by atoms with Gasteiger partial charge in [0.15, 0.2) is 0 Å². The maximum Gasteiger partial charge on any atom is 0.343 e.